The molecular weight excluding hydrogens is 475 g/mol. The molecule has 0 saturated carbocycles. The van der Waals surface area contributed by atoms with Gasteiger partial charge in [0.1, 0.15) is 22.9 Å². The van der Waals surface area contributed by atoms with Gasteiger partial charge in [0, 0.05) is 30.3 Å². The molecule has 2 N–H and O–H groups in total. The van der Waals surface area contributed by atoms with Gasteiger partial charge in [-0.25, -0.2) is 17.5 Å². The number of carbonyl (C=O) groups excluding carboxylic acids is 1. The number of anilines is 1. The van der Waals surface area contributed by atoms with Gasteiger partial charge in [0.2, 0.25) is 0 Å². The Balaban J connectivity index is 2.23. The Hall–Kier alpha value is -3.99. The first-order valence-electron chi connectivity index (χ1n) is 10.6. The second-order valence-corrected chi connectivity index (χ2v) is 9.35. The number of aromatic nitrogens is 2. The van der Waals surface area contributed by atoms with E-state index in [1.165, 1.54) is 43.4 Å². The third-order valence-corrected chi connectivity index (χ3v) is 5.98. The summed E-state index contributed by atoms with van der Waals surface area (Å²) in [5, 5.41) is 7.60. The standard InChI is InChI=1S/C24H25FN4O5S/c1-6-26-23(30)19-13-20(27-29(5)24(19)31)18-12-17(28-35(32,33)7-2)8-9-21(18)34-22-14(3)10-16(25)11-15(22)4/h7-13,28H,2,6H2,1,3-5H3,(H,26,30). The number of hydrogen-bond donors (Lipinski definition) is 2. The van der Waals surface area contributed by atoms with Gasteiger partial charge in [-0.3, -0.25) is 14.3 Å². The molecule has 184 valence electrons. The third-order valence-electron chi connectivity index (χ3n) is 5.02. The van der Waals surface area contributed by atoms with E-state index in [2.05, 4.69) is 21.7 Å². The maximum atomic E-state index is 13.8. The van der Waals surface area contributed by atoms with Crippen LogP contribution in [0, 0.1) is 19.7 Å². The molecule has 11 heteroatoms. The van der Waals surface area contributed by atoms with Crippen LogP contribution in [0.15, 0.2) is 53.2 Å². The van der Waals surface area contributed by atoms with E-state index >= 15 is 0 Å². The SMILES string of the molecule is C=CS(=O)(=O)Nc1ccc(Oc2c(C)cc(F)cc2C)c(-c2cc(C(=O)NCC)c(=O)n(C)n2)c1. The molecule has 1 amide bonds. The zero-order valence-corrected chi connectivity index (χ0v) is 20.5. The molecule has 0 aliphatic heterocycles. The number of sulfonamides is 1. The first-order chi connectivity index (χ1) is 16.5. The average molecular weight is 501 g/mol. The smallest absolute Gasteiger partial charge is 0.279 e. The van der Waals surface area contributed by atoms with Crippen LogP contribution in [0.5, 0.6) is 11.5 Å². The van der Waals surface area contributed by atoms with Gasteiger partial charge in [0.25, 0.3) is 21.5 Å². The number of hydrogen-bond acceptors (Lipinski definition) is 6. The maximum absolute atomic E-state index is 13.8. The van der Waals surface area contributed by atoms with Crippen LogP contribution >= 0.6 is 0 Å². The summed E-state index contributed by atoms with van der Waals surface area (Å²) in [6, 6.07) is 8.40. The van der Waals surface area contributed by atoms with Crippen molar-refractivity contribution in [2.24, 2.45) is 7.05 Å². The van der Waals surface area contributed by atoms with Gasteiger partial charge in [0.15, 0.2) is 0 Å². The monoisotopic (exact) mass is 500 g/mol. The quantitative estimate of drug-likeness (QED) is 0.488. The molecule has 0 unspecified atom stereocenters. The van der Waals surface area contributed by atoms with Crippen molar-refractivity contribution in [1.82, 2.24) is 15.1 Å². The van der Waals surface area contributed by atoms with Crippen LogP contribution < -0.4 is 20.3 Å². The number of nitrogens with one attached hydrogen (secondary N) is 2. The number of benzene rings is 2. The summed E-state index contributed by atoms with van der Waals surface area (Å²) >= 11 is 0. The number of nitrogens with zero attached hydrogens (tertiary/aromatic N) is 2. The summed E-state index contributed by atoms with van der Waals surface area (Å²) in [6.07, 6.45) is 0. The summed E-state index contributed by atoms with van der Waals surface area (Å²) in [5.74, 6) is -0.334. The first kappa shape index (κ1) is 25.6. The van der Waals surface area contributed by atoms with Crippen molar-refractivity contribution < 1.29 is 22.3 Å². The molecule has 0 atom stereocenters. The average Bonchev–Trinajstić information content (AvgIpc) is 2.78. The Morgan fingerprint density at radius 1 is 1.20 bits per heavy atom. The molecule has 1 aromatic heterocycles. The molecule has 0 radical (unpaired) electrons. The Morgan fingerprint density at radius 3 is 2.46 bits per heavy atom. The normalized spacial score (nSPS) is 11.1. The molecule has 0 bridgehead atoms. The minimum Gasteiger partial charge on any atom is -0.456 e. The van der Waals surface area contributed by atoms with Crippen molar-refractivity contribution in [3.8, 4) is 22.8 Å². The highest BCUT2D eigenvalue weighted by atomic mass is 32.2. The van der Waals surface area contributed by atoms with E-state index in [1.54, 1.807) is 20.8 Å². The van der Waals surface area contributed by atoms with Crippen molar-refractivity contribution in [3.05, 3.63) is 81.2 Å². The lowest BCUT2D eigenvalue weighted by molar-refractivity contribution is 0.0953. The minimum atomic E-state index is -3.81. The third kappa shape index (κ3) is 5.75. The van der Waals surface area contributed by atoms with Gasteiger partial charge in [-0.15, -0.1) is 0 Å². The van der Waals surface area contributed by atoms with E-state index < -0.39 is 27.3 Å². The van der Waals surface area contributed by atoms with Crippen LogP contribution in [-0.2, 0) is 17.1 Å². The zero-order valence-electron chi connectivity index (χ0n) is 19.7. The fraction of sp³-hybridized carbons (Fsp3) is 0.208. The highest BCUT2D eigenvalue weighted by Gasteiger charge is 2.19. The molecule has 9 nitrogen and oxygen atoms in total. The van der Waals surface area contributed by atoms with Gasteiger partial charge in [-0.05, 0) is 68.3 Å². The highest BCUT2D eigenvalue weighted by molar-refractivity contribution is 7.95. The van der Waals surface area contributed by atoms with Crippen molar-refractivity contribution in [1.29, 1.82) is 0 Å². The summed E-state index contributed by atoms with van der Waals surface area (Å²) < 4.78 is 47.3. The lowest BCUT2D eigenvalue weighted by atomic mass is 10.1. The van der Waals surface area contributed by atoms with E-state index in [4.69, 9.17) is 4.74 Å². The van der Waals surface area contributed by atoms with Gasteiger partial charge in [-0.2, -0.15) is 5.10 Å². The van der Waals surface area contributed by atoms with Crippen molar-refractivity contribution in [2.45, 2.75) is 20.8 Å². The molecule has 1 heterocycles. The van der Waals surface area contributed by atoms with Gasteiger partial charge in [0.05, 0.1) is 5.69 Å². The molecule has 3 rings (SSSR count). The van der Waals surface area contributed by atoms with E-state index in [0.717, 1.165) is 10.1 Å². The predicted octanol–water partition coefficient (Wildman–Crippen LogP) is 3.63. The van der Waals surface area contributed by atoms with Gasteiger partial charge >= 0.3 is 0 Å². The van der Waals surface area contributed by atoms with Crippen LogP contribution in [-0.4, -0.2) is 30.7 Å². The van der Waals surface area contributed by atoms with Crippen LogP contribution in [0.4, 0.5) is 10.1 Å². The molecule has 2 aromatic carbocycles. The number of ether oxygens (including phenoxy) is 1. The molecule has 0 aliphatic rings. The second kappa shape index (κ2) is 10.1. The van der Waals surface area contributed by atoms with Crippen molar-refractivity contribution in [3.63, 3.8) is 0 Å². The highest BCUT2D eigenvalue weighted by Crippen LogP contribution is 2.37. The van der Waals surface area contributed by atoms with Gasteiger partial charge < -0.3 is 10.1 Å². The number of aryl methyl sites for hydroxylation is 3. The Labute approximate surface area is 202 Å². The summed E-state index contributed by atoms with van der Waals surface area (Å²) in [4.78, 5) is 25.0. The van der Waals surface area contributed by atoms with Gasteiger partial charge in [-0.1, -0.05) is 6.58 Å². The molecule has 0 aliphatic carbocycles. The molecule has 3 aromatic rings. The van der Waals surface area contributed by atoms with E-state index in [9.17, 15) is 22.4 Å². The summed E-state index contributed by atoms with van der Waals surface area (Å²) in [5.41, 5.74) is 0.990. The lowest BCUT2D eigenvalue weighted by Gasteiger charge is -2.17. The second-order valence-electron chi connectivity index (χ2n) is 7.73. The van der Waals surface area contributed by atoms with E-state index in [1.807, 2.05) is 0 Å². The van der Waals surface area contributed by atoms with E-state index in [0.29, 0.717) is 29.0 Å². The molecule has 0 fully saturated rings. The molecule has 0 saturated heterocycles. The molecule has 0 spiro atoms. The number of rotatable bonds is 8. The number of amides is 1. The van der Waals surface area contributed by atoms with Crippen LogP contribution in [0.3, 0.4) is 0 Å². The van der Waals surface area contributed by atoms with E-state index in [-0.39, 0.29) is 22.7 Å². The fourth-order valence-electron chi connectivity index (χ4n) is 3.42. The molecule has 35 heavy (non-hydrogen) atoms. The van der Waals surface area contributed by atoms with Crippen LogP contribution in [0.1, 0.15) is 28.4 Å². The predicted molar refractivity (Wildman–Crippen MR) is 132 cm³/mol. The van der Waals surface area contributed by atoms with Crippen molar-refractivity contribution >= 4 is 21.6 Å². The number of carbonyl (C=O) groups is 1. The summed E-state index contributed by atoms with van der Waals surface area (Å²) in [7, 11) is -2.42. The topological polar surface area (TPSA) is 119 Å². The van der Waals surface area contributed by atoms with Crippen LogP contribution in [0.25, 0.3) is 11.3 Å². The minimum absolute atomic E-state index is 0.142. The largest absolute Gasteiger partial charge is 0.456 e. The van der Waals surface area contributed by atoms with Crippen LogP contribution in [0.2, 0.25) is 0 Å². The number of halogens is 1. The first-order valence-corrected chi connectivity index (χ1v) is 12.1. The van der Waals surface area contributed by atoms with Crippen molar-refractivity contribution in [2.75, 3.05) is 11.3 Å². The maximum Gasteiger partial charge on any atom is 0.279 e. The Morgan fingerprint density at radius 2 is 1.86 bits per heavy atom. The zero-order chi connectivity index (χ0) is 25.9. The Kier molecular flexibility index (Phi) is 7.39. The lowest BCUT2D eigenvalue weighted by Crippen LogP contribution is -2.33. The fourth-order valence-corrected chi connectivity index (χ4v) is 3.95. The Bertz CT molecular complexity index is 1460. The molecular formula is C24H25FN4O5S. The summed E-state index contributed by atoms with van der Waals surface area (Å²) in [6.45, 7) is 8.69.